The molecule has 3 N–H and O–H groups in total. The van der Waals surface area contributed by atoms with Crippen LogP contribution in [0, 0.1) is 0 Å². The summed E-state index contributed by atoms with van der Waals surface area (Å²) in [7, 11) is 0. The van der Waals surface area contributed by atoms with E-state index in [1.54, 1.807) is 0 Å². The van der Waals surface area contributed by atoms with E-state index >= 15 is 0 Å². The minimum Gasteiger partial charge on any atom is -0.392 e. The van der Waals surface area contributed by atoms with Crippen LogP contribution in [0.15, 0.2) is 22.9 Å². The summed E-state index contributed by atoms with van der Waals surface area (Å²) in [5, 5.41) is 16.4. The first-order chi connectivity index (χ1) is 7.83. The van der Waals surface area contributed by atoms with Crippen molar-refractivity contribution in [3.8, 4) is 11.5 Å². The van der Waals surface area contributed by atoms with E-state index in [0.29, 0.717) is 24.7 Å². The van der Waals surface area contributed by atoms with Crippen LogP contribution >= 0.6 is 0 Å². The minimum absolute atomic E-state index is 0.0359. The van der Waals surface area contributed by atoms with Gasteiger partial charge in [-0.2, -0.15) is 4.98 Å². The largest absolute Gasteiger partial charge is 0.392 e. The van der Waals surface area contributed by atoms with Gasteiger partial charge in [0.05, 0.1) is 17.8 Å². The van der Waals surface area contributed by atoms with Crippen molar-refractivity contribution in [1.82, 2.24) is 20.4 Å². The summed E-state index contributed by atoms with van der Waals surface area (Å²) in [4.78, 5) is 7.30. The second-order valence-electron chi connectivity index (χ2n) is 3.89. The number of β-amino-alcohol motifs (C(OH)–C–C–N with tert-alkyl or cyclic N) is 1. The molecule has 0 saturated carbocycles. The molecule has 1 aliphatic rings. The highest BCUT2D eigenvalue weighted by Crippen LogP contribution is 2.23. The third kappa shape index (κ3) is 1.62. The molecule has 0 aromatic carbocycles. The predicted octanol–water partition coefficient (Wildman–Crippen LogP) is 0.460. The van der Waals surface area contributed by atoms with Gasteiger partial charge in [-0.05, 0) is 18.6 Å². The number of aromatic amines is 1. The Morgan fingerprint density at radius 1 is 1.50 bits per heavy atom. The van der Waals surface area contributed by atoms with Crippen LogP contribution in [0.25, 0.3) is 11.5 Å². The SMILES string of the molecule is OC1CN[C@H](c2nc(-c3ccc[nH]3)no2)C1. The Morgan fingerprint density at radius 2 is 2.44 bits per heavy atom. The third-order valence-corrected chi connectivity index (χ3v) is 2.69. The lowest BCUT2D eigenvalue weighted by Gasteiger charge is -2.01. The molecular weight excluding hydrogens is 208 g/mol. The van der Waals surface area contributed by atoms with Crippen LogP contribution in [0.5, 0.6) is 0 Å². The molecule has 0 amide bonds. The van der Waals surface area contributed by atoms with E-state index in [1.165, 1.54) is 0 Å². The van der Waals surface area contributed by atoms with Gasteiger partial charge in [-0.15, -0.1) is 0 Å². The van der Waals surface area contributed by atoms with E-state index in [-0.39, 0.29) is 12.1 Å². The molecule has 1 aliphatic heterocycles. The number of hydrogen-bond donors (Lipinski definition) is 3. The zero-order valence-corrected chi connectivity index (χ0v) is 8.55. The maximum atomic E-state index is 9.39. The Balaban J connectivity index is 1.83. The monoisotopic (exact) mass is 220 g/mol. The molecule has 2 aromatic rings. The fraction of sp³-hybridized carbons (Fsp3) is 0.400. The molecule has 0 bridgehead atoms. The van der Waals surface area contributed by atoms with Gasteiger partial charge in [0.25, 0.3) is 0 Å². The van der Waals surface area contributed by atoms with E-state index in [2.05, 4.69) is 20.4 Å². The van der Waals surface area contributed by atoms with Gasteiger partial charge < -0.3 is 19.9 Å². The summed E-state index contributed by atoms with van der Waals surface area (Å²) in [5.41, 5.74) is 0.827. The average molecular weight is 220 g/mol. The van der Waals surface area contributed by atoms with Crippen LogP contribution in [0.2, 0.25) is 0 Å². The molecule has 1 fully saturated rings. The van der Waals surface area contributed by atoms with E-state index in [4.69, 9.17) is 4.52 Å². The zero-order chi connectivity index (χ0) is 11.0. The van der Waals surface area contributed by atoms with Gasteiger partial charge in [-0.25, -0.2) is 0 Å². The van der Waals surface area contributed by atoms with Crippen molar-refractivity contribution < 1.29 is 9.63 Å². The molecule has 6 heteroatoms. The van der Waals surface area contributed by atoms with Crippen molar-refractivity contribution in [3.05, 3.63) is 24.2 Å². The highest BCUT2D eigenvalue weighted by molar-refractivity contribution is 5.47. The summed E-state index contributed by atoms with van der Waals surface area (Å²) in [6.45, 7) is 0.574. The number of aromatic nitrogens is 3. The van der Waals surface area contributed by atoms with Gasteiger partial charge >= 0.3 is 0 Å². The summed E-state index contributed by atoms with van der Waals surface area (Å²) in [5.74, 6) is 1.07. The molecule has 1 unspecified atom stereocenters. The van der Waals surface area contributed by atoms with Gasteiger partial charge in [-0.1, -0.05) is 5.16 Å². The first-order valence-electron chi connectivity index (χ1n) is 5.22. The summed E-state index contributed by atoms with van der Waals surface area (Å²) < 4.78 is 5.17. The first-order valence-corrected chi connectivity index (χ1v) is 5.22. The molecular formula is C10H12N4O2. The van der Waals surface area contributed by atoms with Gasteiger partial charge in [0.1, 0.15) is 0 Å². The fourth-order valence-electron chi connectivity index (χ4n) is 1.86. The molecule has 3 heterocycles. The summed E-state index contributed by atoms with van der Waals surface area (Å²) in [6, 6.07) is 3.72. The van der Waals surface area contributed by atoms with E-state index < -0.39 is 0 Å². The lowest BCUT2D eigenvalue weighted by molar-refractivity contribution is 0.191. The number of rotatable bonds is 2. The van der Waals surface area contributed by atoms with Crippen LogP contribution in [0.3, 0.4) is 0 Å². The molecule has 2 atom stereocenters. The lowest BCUT2D eigenvalue weighted by Crippen LogP contribution is -2.15. The first kappa shape index (κ1) is 9.56. The number of nitrogens with one attached hydrogen (secondary N) is 2. The fourth-order valence-corrected chi connectivity index (χ4v) is 1.86. The average Bonchev–Trinajstić information content (AvgIpc) is 2.97. The van der Waals surface area contributed by atoms with Gasteiger partial charge in [0, 0.05) is 12.7 Å². The van der Waals surface area contributed by atoms with Crippen LogP contribution in [-0.2, 0) is 0 Å². The highest BCUT2D eigenvalue weighted by Gasteiger charge is 2.28. The Bertz CT molecular complexity index is 465. The van der Waals surface area contributed by atoms with E-state index in [1.807, 2.05) is 18.3 Å². The van der Waals surface area contributed by atoms with E-state index in [9.17, 15) is 5.11 Å². The number of H-pyrrole nitrogens is 1. The highest BCUT2D eigenvalue weighted by atomic mass is 16.5. The molecule has 0 radical (unpaired) electrons. The molecule has 0 aliphatic carbocycles. The van der Waals surface area contributed by atoms with Crippen molar-refractivity contribution in [2.75, 3.05) is 6.54 Å². The van der Waals surface area contributed by atoms with Crippen molar-refractivity contribution in [3.63, 3.8) is 0 Å². The molecule has 84 valence electrons. The van der Waals surface area contributed by atoms with Gasteiger partial charge in [0.15, 0.2) is 0 Å². The van der Waals surface area contributed by atoms with Crippen molar-refractivity contribution in [2.45, 2.75) is 18.6 Å². The summed E-state index contributed by atoms with van der Waals surface area (Å²) in [6.07, 6.45) is 2.10. The van der Waals surface area contributed by atoms with Crippen molar-refractivity contribution in [1.29, 1.82) is 0 Å². The maximum Gasteiger partial charge on any atom is 0.244 e. The van der Waals surface area contributed by atoms with Gasteiger partial charge in [0.2, 0.25) is 11.7 Å². The normalized spacial score (nSPS) is 25.1. The van der Waals surface area contributed by atoms with E-state index in [0.717, 1.165) is 5.69 Å². The predicted molar refractivity (Wildman–Crippen MR) is 55.5 cm³/mol. The molecule has 6 nitrogen and oxygen atoms in total. The number of hydrogen-bond acceptors (Lipinski definition) is 5. The molecule has 0 spiro atoms. The standard InChI is InChI=1S/C10H12N4O2/c15-6-4-8(12-5-6)10-13-9(14-16-10)7-2-1-3-11-7/h1-3,6,8,11-12,15H,4-5H2/t6?,8-/m0/s1. The molecule has 1 saturated heterocycles. The number of aliphatic hydroxyl groups excluding tert-OH is 1. The molecule has 3 rings (SSSR count). The zero-order valence-electron chi connectivity index (χ0n) is 8.55. The second kappa shape index (κ2) is 3.73. The Labute approximate surface area is 91.7 Å². The number of nitrogens with zero attached hydrogens (tertiary/aromatic N) is 2. The Morgan fingerprint density at radius 3 is 3.12 bits per heavy atom. The lowest BCUT2D eigenvalue weighted by atomic mass is 10.2. The van der Waals surface area contributed by atoms with Crippen LogP contribution in [0.1, 0.15) is 18.4 Å². The van der Waals surface area contributed by atoms with Crippen LogP contribution in [0.4, 0.5) is 0 Å². The van der Waals surface area contributed by atoms with Crippen LogP contribution < -0.4 is 5.32 Å². The van der Waals surface area contributed by atoms with Crippen molar-refractivity contribution >= 4 is 0 Å². The smallest absolute Gasteiger partial charge is 0.244 e. The topological polar surface area (TPSA) is 87.0 Å². The quantitative estimate of drug-likeness (QED) is 0.684. The Hall–Kier alpha value is -1.66. The van der Waals surface area contributed by atoms with Gasteiger partial charge in [-0.3, -0.25) is 0 Å². The second-order valence-corrected chi connectivity index (χ2v) is 3.89. The number of aliphatic hydroxyl groups is 1. The molecule has 2 aromatic heterocycles. The molecule has 16 heavy (non-hydrogen) atoms. The maximum absolute atomic E-state index is 9.39. The summed E-state index contributed by atoms with van der Waals surface area (Å²) >= 11 is 0. The minimum atomic E-state index is -0.328. The Kier molecular flexibility index (Phi) is 2.23. The van der Waals surface area contributed by atoms with Crippen molar-refractivity contribution in [2.24, 2.45) is 0 Å². The van der Waals surface area contributed by atoms with Crippen LogP contribution in [-0.4, -0.2) is 32.9 Å². The third-order valence-electron chi connectivity index (χ3n) is 2.69.